The summed E-state index contributed by atoms with van der Waals surface area (Å²) in [6.07, 6.45) is 6.78. The van der Waals surface area contributed by atoms with Crippen molar-refractivity contribution in [1.29, 1.82) is 0 Å². The number of hydrogen-bond acceptors (Lipinski definition) is 6. The molecule has 0 radical (unpaired) electrons. The number of aromatic nitrogens is 2. The number of hydrazine groups is 1. The molecule has 0 aliphatic carbocycles. The number of nitrogen functional groups attached to an aromatic ring is 1. The maximum atomic E-state index is 5.55. The average molecular weight is 283 g/mol. The van der Waals surface area contributed by atoms with E-state index in [0.29, 0.717) is 6.04 Å². The van der Waals surface area contributed by atoms with Crippen molar-refractivity contribution in [3.63, 3.8) is 0 Å². The fourth-order valence-electron chi connectivity index (χ4n) is 2.18. The van der Waals surface area contributed by atoms with E-state index in [1.165, 1.54) is 0 Å². The summed E-state index contributed by atoms with van der Waals surface area (Å²) in [4.78, 5) is 10.9. The second-order valence-electron chi connectivity index (χ2n) is 4.55. The summed E-state index contributed by atoms with van der Waals surface area (Å²) in [5.41, 5.74) is 3.79. The molecule has 0 amide bonds. The highest BCUT2D eigenvalue weighted by atomic mass is 32.2. The van der Waals surface area contributed by atoms with E-state index in [9.17, 15) is 0 Å². The topological polar surface area (TPSA) is 67.1 Å². The molecule has 0 spiro atoms. The molecule has 0 aromatic carbocycles. The molecule has 5 nitrogen and oxygen atoms in total. The number of thioether (sulfide) groups is 1. The van der Waals surface area contributed by atoms with Crippen molar-refractivity contribution in [1.82, 2.24) is 9.97 Å². The van der Waals surface area contributed by atoms with Crippen LogP contribution in [0.15, 0.2) is 6.33 Å². The van der Waals surface area contributed by atoms with E-state index in [2.05, 4.69) is 47.4 Å². The highest BCUT2D eigenvalue weighted by molar-refractivity contribution is 7.98. The first-order valence-corrected chi connectivity index (χ1v) is 8.11. The van der Waals surface area contributed by atoms with Gasteiger partial charge >= 0.3 is 0 Å². The lowest BCUT2D eigenvalue weighted by Gasteiger charge is -2.29. The molecule has 3 N–H and O–H groups in total. The Bertz CT molecular complexity index is 385. The van der Waals surface area contributed by atoms with Gasteiger partial charge in [0, 0.05) is 24.4 Å². The van der Waals surface area contributed by atoms with Crippen LogP contribution in [0.2, 0.25) is 0 Å². The lowest BCUT2D eigenvalue weighted by molar-refractivity contribution is 0.660. The minimum absolute atomic E-state index is 0.478. The third-order valence-electron chi connectivity index (χ3n) is 3.27. The first-order chi connectivity index (χ1) is 9.19. The molecule has 0 aliphatic heterocycles. The average Bonchev–Trinajstić information content (AvgIpc) is 2.44. The van der Waals surface area contributed by atoms with Crippen molar-refractivity contribution in [3.8, 4) is 0 Å². The van der Waals surface area contributed by atoms with Crippen LogP contribution >= 0.6 is 11.8 Å². The number of anilines is 2. The van der Waals surface area contributed by atoms with Gasteiger partial charge in [0.2, 0.25) is 0 Å². The van der Waals surface area contributed by atoms with Crippen molar-refractivity contribution in [2.45, 2.75) is 39.2 Å². The van der Waals surface area contributed by atoms with Gasteiger partial charge in [0.1, 0.15) is 18.0 Å². The lowest BCUT2D eigenvalue weighted by atomic mass is 10.1. The third kappa shape index (κ3) is 3.98. The van der Waals surface area contributed by atoms with E-state index in [-0.39, 0.29) is 0 Å². The summed E-state index contributed by atoms with van der Waals surface area (Å²) < 4.78 is 0. The Balaban J connectivity index is 3.09. The highest BCUT2D eigenvalue weighted by Gasteiger charge is 2.19. The molecule has 19 heavy (non-hydrogen) atoms. The summed E-state index contributed by atoms with van der Waals surface area (Å²) in [5.74, 6) is 8.37. The zero-order valence-corrected chi connectivity index (χ0v) is 13.1. The minimum Gasteiger partial charge on any atom is -0.355 e. The van der Waals surface area contributed by atoms with Crippen LogP contribution in [0.5, 0.6) is 0 Å². The first-order valence-electron chi connectivity index (χ1n) is 6.71. The van der Waals surface area contributed by atoms with E-state index in [4.69, 9.17) is 5.84 Å². The molecule has 108 valence electrons. The van der Waals surface area contributed by atoms with Gasteiger partial charge in [-0.05, 0) is 19.1 Å². The van der Waals surface area contributed by atoms with E-state index in [1.807, 2.05) is 11.8 Å². The second kappa shape index (κ2) is 8.22. The third-order valence-corrected chi connectivity index (χ3v) is 3.99. The van der Waals surface area contributed by atoms with Crippen LogP contribution in [0.25, 0.3) is 0 Å². The fourth-order valence-corrected chi connectivity index (χ4v) is 3.02. The predicted octanol–water partition coefficient (Wildman–Crippen LogP) is 2.29. The van der Waals surface area contributed by atoms with Gasteiger partial charge in [0.25, 0.3) is 0 Å². The van der Waals surface area contributed by atoms with Gasteiger partial charge in [-0.15, -0.1) is 0 Å². The van der Waals surface area contributed by atoms with Crippen LogP contribution < -0.4 is 16.2 Å². The smallest absolute Gasteiger partial charge is 0.148 e. The molecule has 0 fully saturated rings. The summed E-state index contributed by atoms with van der Waals surface area (Å²) in [6.45, 7) is 4.36. The Morgan fingerprint density at radius 3 is 2.68 bits per heavy atom. The van der Waals surface area contributed by atoms with Crippen LogP contribution in [0.1, 0.15) is 32.3 Å². The monoisotopic (exact) mass is 283 g/mol. The molecule has 1 aromatic rings. The Hall–Kier alpha value is -1.01. The van der Waals surface area contributed by atoms with Gasteiger partial charge in [-0.1, -0.05) is 20.3 Å². The lowest BCUT2D eigenvalue weighted by Crippen LogP contribution is -2.35. The molecule has 0 bridgehead atoms. The zero-order valence-electron chi connectivity index (χ0n) is 12.3. The summed E-state index contributed by atoms with van der Waals surface area (Å²) in [7, 11) is 2.10. The molecule has 1 rings (SSSR count). The standard InChI is InChI=1S/C13H25N5S/c1-5-7-11-12(17-14)15-9-16-13(11)18(3)10(6-2)8-19-4/h9-10H,5-8,14H2,1-4H3,(H,15,16,17). The van der Waals surface area contributed by atoms with Crippen molar-refractivity contribution in [3.05, 3.63) is 11.9 Å². The molecule has 1 heterocycles. The largest absolute Gasteiger partial charge is 0.355 e. The maximum absolute atomic E-state index is 5.55. The predicted molar refractivity (Wildman–Crippen MR) is 84.7 cm³/mol. The number of rotatable bonds is 8. The van der Waals surface area contributed by atoms with Crippen molar-refractivity contribution < 1.29 is 0 Å². The van der Waals surface area contributed by atoms with E-state index in [0.717, 1.165) is 42.2 Å². The van der Waals surface area contributed by atoms with Crippen LogP contribution in [0, 0.1) is 0 Å². The Morgan fingerprint density at radius 2 is 2.16 bits per heavy atom. The molecule has 0 aliphatic rings. The first kappa shape index (κ1) is 16.0. The van der Waals surface area contributed by atoms with Crippen LogP contribution in [0.4, 0.5) is 11.6 Å². The normalized spacial score (nSPS) is 12.3. The van der Waals surface area contributed by atoms with E-state index in [1.54, 1.807) is 6.33 Å². The van der Waals surface area contributed by atoms with Crippen molar-refractivity contribution >= 4 is 23.4 Å². The van der Waals surface area contributed by atoms with Gasteiger partial charge in [0.05, 0.1) is 0 Å². The Labute approximate surface area is 120 Å². The fraction of sp³-hybridized carbons (Fsp3) is 0.692. The van der Waals surface area contributed by atoms with Crippen molar-refractivity contribution in [2.24, 2.45) is 5.84 Å². The van der Waals surface area contributed by atoms with Gasteiger partial charge in [-0.2, -0.15) is 11.8 Å². The number of nitrogens with one attached hydrogen (secondary N) is 1. The molecular weight excluding hydrogens is 258 g/mol. The Morgan fingerprint density at radius 1 is 1.42 bits per heavy atom. The Kier molecular flexibility index (Phi) is 6.94. The number of hydrogen-bond donors (Lipinski definition) is 2. The summed E-state index contributed by atoms with van der Waals surface area (Å²) in [5, 5.41) is 0. The molecule has 1 aromatic heterocycles. The zero-order chi connectivity index (χ0) is 14.3. The van der Waals surface area contributed by atoms with Crippen LogP contribution in [-0.2, 0) is 6.42 Å². The van der Waals surface area contributed by atoms with Crippen LogP contribution in [0.3, 0.4) is 0 Å². The molecule has 1 atom stereocenters. The quantitative estimate of drug-likeness (QED) is 0.563. The van der Waals surface area contributed by atoms with Gasteiger partial charge < -0.3 is 10.3 Å². The van der Waals surface area contributed by atoms with Gasteiger partial charge in [-0.25, -0.2) is 15.8 Å². The highest BCUT2D eigenvalue weighted by Crippen LogP contribution is 2.26. The summed E-state index contributed by atoms with van der Waals surface area (Å²) in [6, 6.07) is 0.478. The van der Waals surface area contributed by atoms with E-state index < -0.39 is 0 Å². The van der Waals surface area contributed by atoms with Crippen molar-refractivity contribution in [2.75, 3.05) is 29.4 Å². The summed E-state index contributed by atoms with van der Waals surface area (Å²) >= 11 is 1.86. The van der Waals surface area contributed by atoms with Gasteiger partial charge in [0.15, 0.2) is 0 Å². The molecular formula is C13H25N5S. The number of nitrogens with two attached hydrogens (primary N) is 1. The number of nitrogens with zero attached hydrogens (tertiary/aromatic N) is 3. The van der Waals surface area contributed by atoms with E-state index >= 15 is 0 Å². The van der Waals surface area contributed by atoms with Crippen LogP contribution in [-0.4, -0.2) is 35.1 Å². The second-order valence-corrected chi connectivity index (χ2v) is 5.46. The SMILES string of the molecule is CCCc1c(NN)ncnc1N(C)C(CC)CSC. The molecule has 0 saturated heterocycles. The molecule has 6 heteroatoms. The minimum atomic E-state index is 0.478. The molecule has 1 unspecified atom stereocenters. The van der Waals surface area contributed by atoms with Gasteiger partial charge in [-0.3, -0.25) is 0 Å². The molecule has 0 saturated carbocycles. The maximum Gasteiger partial charge on any atom is 0.148 e.